The molecule has 0 aliphatic heterocycles. The largest absolute Gasteiger partial charge is 0.101 e. The van der Waals surface area contributed by atoms with Gasteiger partial charge in [-0.2, -0.15) is 0 Å². The highest BCUT2D eigenvalue weighted by Gasteiger charge is 2.26. The molecule has 39 heavy (non-hydrogen) atoms. The van der Waals surface area contributed by atoms with Gasteiger partial charge in [0.2, 0.25) is 0 Å². The number of benzene rings is 2. The van der Waals surface area contributed by atoms with Crippen LogP contribution in [0.25, 0.3) is 0 Å². The fraction of sp³-hybridized carbons (Fsp3) is 0.600. The Hall–Kier alpha value is -0.976. The molecule has 5 unspecified atom stereocenters. The van der Waals surface area contributed by atoms with E-state index in [1.54, 1.807) is 13.9 Å². The first-order chi connectivity index (χ1) is 18.6. The van der Waals surface area contributed by atoms with Gasteiger partial charge in [-0.15, -0.1) is 6.82 Å². The molecule has 2 aromatic carbocycles. The van der Waals surface area contributed by atoms with Crippen LogP contribution in [-0.4, -0.2) is 65.9 Å². The van der Waals surface area contributed by atoms with E-state index in [1.807, 2.05) is 39.8 Å². The van der Waals surface area contributed by atoms with Gasteiger partial charge in [0.05, 0.1) is 13.7 Å². The van der Waals surface area contributed by atoms with Gasteiger partial charge < -0.3 is 0 Å². The molecule has 0 heterocycles. The normalized spacial score (nSPS) is 13.2. The molecule has 2 rings (SSSR count). The van der Waals surface area contributed by atoms with Gasteiger partial charge in [-0.05, 0) is 29.7 Å². The van der Waals surface area contributed by atoms with Gasteiger partial charge in [-0.3, -0.25) is 0 Å². The molecule has 0 saturated carbocycles. The minimum Gasteiger partial charge on any atom is -0.101 e. The molecule has 0 aliphatic carbocycles. The second-order valence-electron chi connectivity index (χ2n) is 9.71. The predicted octanol–water partition coefficient (Wildman–Crippen LogP) is 6.78. The van der Waals surface area contributed by atoms with Gasteiger partial charge in [-0.1, -0.05) is 153 Å². The maximum Gasteiger partial charge on any atom is 0.0550 e. The second-order valence-corrected chi connectivity index (χ2v) is 9.71. The minimum atomic E-state index is -0.339. The Labute approximate surface area is 254 Å². The van der Waals surface area contributed by atoms with Crippen LogP contribution in [0.4, 0.5) is 0 Å². The summed E-state index contributed by atoms with van der Waals surface area (Å²) in [6.07, 6.45) is 3.38. The van der Waals surface area contributed by atoms with E-state index >= 15 is 0 Å². The summed E-state index contributed by atoms with van der Waals surface area (Å²) in [5.74, 6) is 2.10. The lowest BCUT2D eigenvalue weighted by Gasteiger charge is -2.32. The number of hydrogen-bond donors (Lipinski definition) is 0. The maximum absolute atomic E-state index is 6.08. The van der Waals surface area contributed by atoms with Crippen LogP contribution in [0.2, 0.25) is 12.6 Å². The summed E-state index contributed by atoms with van der Waals surface area (Å²) in [4.78, 5) is 0. The third-order valence-electron chi connectivity index (χ3n) is 7.10. The average Bonchev–Trinajstić information content (AvgIpc) is 2.98. The van der Waals surface area contributed by atoms with Crippen molar-refractivity contribution in [2.24, 2.45) is 17.8 Å². The first-order valence-electron chi connectivity index (χ1n) is 15.0. The van der Waals surface area contributed by atoms with Crippen LogP contribution in [0.1, 0.15) is 92.1 Å². The zero-order valence-corrected chi connectivity index (χ0v) is 27.0. The van der Waals surface area contributed by atoms with Crippen molar-refractivity contribution >= 4 is 65.9 Å². The predicted molar refractivity (Wildman–Crippen MR) is 191 cm³/mol. The van der Waals surface area contributed by atoms with Gasteiger partial charge >= 0.3 is 0 Å². The van der Waals surface area contributed by atoms with Crippen LogP contribution in [0.5, 0.6) is 0 Å². The van der Waals surface area contributed by atoms with Crippen molar-refractivity contribution in [3.8, 4) is 0 Å². The fourth-order valence-electron chi connectivity index (χ4n) is 4.33. The van der Waals surface area contributed by atoms with Gasteiger partial charge in [-0.25, -0.2) is 0 Å². The summed E-state index contributed by atoms with van der Waals surface area (Å²) in [5, 5.41) is 0. The van der Waals surface area contributed by atoms with Crippen LogP contribution in [-0.2, 0) is 6.42 Å². The summed E-state index contributed by atoms with van der Waals surface area (Å²) in [7, 11) is 31.7. The van der Waals surface area contributed by atoms with Crippen molar-refractivity contribution in [1.82, 2.24) is 0 Å². The van der Waals surface area contributed by atoms with Gasteiger partial charge in [0.15, 0.2) is 0 Å². The Balaban J connectivity index is -0.000000708. The molecule has 0 bridgehead atoms. The van der Waals surface area contributed by atoms with E-state index in [2.05, 4.69) is 83.1 Å². The molecule has 0 spiro atoms. The lowest BCUT2D eigenvalue weighted by molar-refractivity contribution is 0.321. The van der Waals surface area contributed by atoms with Gasteiger partial charge in [0.1, 0.15) is 0 Å². The number of aryl methyl sites for hydroxylation is 1. The number of hydrogen-bond acceptors (Lipinski definition) is 0. The van der Waals surface area contributed by atoms with Crippen molar-refractivity contribution < 1.29 is 0 Å². The smallest absolute Gasteiger partial charge is 0.0550 e. The topological polar surface area (TPSA) is 0 Å². The lowest BCUT2D eigenvalue weighted by atomic mass is 9.01. The molecule has 0 N–H and O–H groups in total. The molecule has 0 aromatic heterocycles. The zero-order chi connectivity index (χ0) is 30.8. The van der Waals surface area contributed by atoms with E-state index < -0.39 is 0 Å². The summed E-state index contributed by atoms with van der Waals surface area (Å²) in [6.45, 7) is 20.6. The number of rotatable bonds is 11. The molecule has 9 heteroatoms. The van der Waals surface area contributed by atoms with E-state index in [1.165, 1.54) is 18.3 Å². The van der Waals surface area contributed by atoms with Gasteiger partial charge in [0.25, 0.3) is 0 Å². The Morgan fingerprint density at radius 1 is 0.718 bits per heavy atom. The van der Waals surface area contributed by atoms with Crippen LogP contribution in [0, 0.1) is 17.8 Å². The Bertz CT molecular complexity index is 732. The zero-order valence-electron chi connectivity index (χ0n) is 27.0. The molecular formula is C30H51B9. The first kappa shape index (κ1) is 42.5. The Kier molecular flexibility index (Phi) is 31.1. The molecule has 0 nitrogen and oxygen atoms in total. The Morgan fingerprint density at radius 2 is 1.13 bits per heavy atom. The minimum absolute atomic E-state index is 0.0468. The lowest BCUT2D eigenvalue weighted by Crippen LogP contribution is -2.34. The molecule has 2 aromatic rings. The van der Waals surface area contributed by atoms with Crippen LogP contribution in [0.15, 0.2) is 60.7 Å². The summed E-state index contributed by atoms with van der Waals surface area (Å²) >= 11 is 0. The molecule has 0 amide bonds. The van der Waals surface area contributed by atoms with Crippen molar-refractivity contribution in [3.05, 3.63) is 71.8 Å². The van der Waals surface area contributed by atoms with Crippen molar-refractivity contribution in [2.75, 3.05) is 0 Å². The maximum atomic E-state index is 6.08. The van der Waals surface area contributed by atoms with Gasteiger partial charge in [0, 0.05) is 52.2 Å². The van der Waals surface area contributed by atoms with E-state index in [0.29, 0.717) is 23.6 Å². The van der Waals surface area contributed by atoms with Crippen LogP contribution < -0.4 is 0 Å². The van der Waals surface area contributed by atoms with Crippen LogP contribution in [0.3, 0.4) is 0 Å². The monoisotopic (exact) mass is 510 g/mol. The third kappa shape index (κ3) is 19.7. The van der Waals surface area contributed by atoms with Crippen molar-refractivity contribution in [1.29, 1.82) is 0 Å². The van der Waals surface area contributed by atoms with E-state index in [9.17, 15) is 0 Å². The van der Waals surface area contributed by atoms with E-state index in [-0.39, 0.29) is 18.8 Å². The third-order valence-corrected chi connectivity index (χ3v) is 7.10. The molecule has 12 radical (unpaired) electrons. The quantitative estimate of drug-likeness (QED) is 0.293. The Morgan fingerprint density at radius 3 is 1.49 bits per heavy atom. The standard InChI is InChI=1S/C17H26B7.C8H10.2C2H6.CH3B2/c1-12(14(3)15(4)24(21)22-18)10-11-13(2)17(23(19)20)16-8-6-5-7-9-16;1-2-8-6-4-3-5-7-8;2*1-2;1-3-2/h5-9,12-15,17H,10-11H2,1-4H3;3-7H,2H2,1H3;2*1-2H3;1H3. The molecule has 0 aliphatic rings. The summed E-state index contributed by atoms with van der Waals surface area (Å²) < 4.78 is 0. The fourth-order valence-corrected chi connectivity index (χ4v) is 4.33. The molecular weight excluding hydrogens is 458 g/mol. The first-order valence-corrected chi connectivity index (χ1v) is 15.0. The van der Waals surface area contributed by atoms with Crippen LogP contribution >= 0.6 is 0 Å². The SMILES string of the molecule is CC.CC.CCc1ccccc1.[B][B]B([B])C(C)C(C)C(C)CCC(C)C(B([B])[B])c1ccccc1.[B][B]C. The highest BCUT2D eigenvalue weighted by atomic mass is 14.2. The summed E-state index contributed by atoms with van der Waals surface area (Å²) in [5.41, 5.74) is 2.64. The van der Waals surface area contributed by atoms with E-state index in [0.717, 1.165) is 19.3 Å². The molecule has 5 atom stereocenters. The highest BCUT2D eigenvalue weighted by Crippen LogP contribution is 2.34. The average molecular weight is 509 g/mol. The molecule has 0 fully saturated rings. The van der Waals surface area contributed by atoms with Crippen molar-refractivity contribution in [2.45, 2.75) is 100 Å². The molecule has 0 saturated heterocycles. The van der Waals surface area contributed by atoms with Crippen molar-refractivity contribution in [3.63, 3.8) is 0 Å². The second kappa shape index (κ2) is 28.5. The summed E-state index contributed by atoms with van der Waals surface area (Å²) in [6, 6.07) is 20.8. The molecule has 198 valence electrons. The highest BCUT2D eigenvalue weighted by molar-refractivity contribution is 7.46. The van der Waals surface area contributed by atoms with E-state index in [4.69, 9.17) is 38.7 Å².